The molecule has 0 unspecified atom stereocenters. The summed E-state index contributed by atoms with van der Waals surface area (Å²) in [4.78, 5) is 0. The molecular weight excluding hydrogens is 292 g/mol. The average Bonchev–Trinajstić information content (AvgIpc) is 2.59. The molecule has 0 spiro atoms. The summed E-state index contributed by atoms with van der Waals surface area (Å²) in [6, 6.07) is 1.72. The van der Waals surface area contributed by atoms with E-state index in [0.29, 0.717) is 22.5 Å². The van der Waals surface area contributed by atoms with Crippen LogP contribution in [0.25, 0.3) is 0 Å². The molecule has 0 aliphatic heterocycles. The maximum atomic E-state index is 11.9. The number of nitrogens with zero attached hydrogens (tertiary/aromatic N) is 2. The highest BCUT2D eigenvalue weighted by Gasteiger charge is 2.27. The van der Waals surface area contributed by atoms with Crippen molar-refractivity contribution in [3.8, 4) is 0 Å². The lowest BCUT2D eigenvalue weighted by Gasteiger charge is -2.18. The molecule has 0 saturated heterocycles. The third-order valence-corrected chi connectivity index (χ3v) is 3.63. The minimum atomic E-state index is -1.27. The summed E-state index contributed by atoms with van der Waals surface area (Å²) >= 11 is 1.93. The van der Waals surface area contributed by atoms with Gasteiger partial charge in [-0.2, -0.15) is 0 Å². The molecule has 0 bridgehead atoms. The van der Waals surface area contributed by atoms with E-state index in [-0.39, 0.29) is 4.75 Å². The lowest BCUT2D eigenvalue weighted by atomic mass is 10.2. The molecule has 0 N–H and O–H groups in total. The highest BCUT2D eigenvalue weighted by atomic mass is 79.9. The van der Waals surface area contributed by atoms with Crippen LogP contribution in [0.5, 0.6) is 0 Å². The van der Waals surface area contributed by atoms with Gasteiger partial charge in [0.05, 0.1) is 0 Å². The zero-order chi connectivity index (χ0) is 12.3. The Hall–Kier alpha value is -0.330. The van der Waals surface area contributed by atoms with E-state index in [2.05, 4.69) is 25.5 Å². The third kappa shape index (κ3) is 3.61. The Morgan fingerprint density at radius 1 is 1.62 bits per heavy atom. The van der Waals surface area contributed by atoms with Crippen LogP contribution in [0.3, 0.4) is 0 Å². The summed E-state index contributed by atoms with van der Waals surface area (Å²) in [6.45, 7) is 7.59. The number of halogens is 1. The first kappa shape index (κ1) is 13.7. The molecular formula is C10H15BrN2O2S. The van der Waals surface area contributed by atoms with Crippen LogP contribution in [-0.4, -0.2) is 20.2 Å². The van der Waals surface area contributed by atoms with E-state index in [9.17, 15) is 4.55 Å². The minimum absolute atomic E-state index is 0.363. The highest BCUT2D eigenvalue weighted by Crippen LogP contribution is 2.20. The van der Waals surface area contributed by atoms with Gasteiger partial charge >= 0.3 is 0 Å². The van der Waals surface area contributed by atoms with Crippen LogP contribution < -0.4 is 0 Å². The van der Waals surface area contributed by atoms with Crippen LogP contribution in [0, 0.1) is 0 Å². The summed E-state index contributed by atoms with van der Waals surface area (Å²) in [7, 11) is 0. The fourth-order valence-corrected chi connectivity index (χ4v) is 1.88. The van der Waals surface area contributed by atoms with E-state index in [1.165, 1.54) is 0 Å². The third-order valence-electron chi connectivity index (χ3n) is 1.82. The molecule has 1 aromatic rings. The van der Waals surface area contributed by atoms with Crippen LogP contribution in [0.15, 0.2) is 19.6 Å². The van der Waals surface area contributed by atoms with Crippen molar-refractivity contribution >= 4 is 33.0 Å². The normalized spacial score (nSPS) is 15.2. The lowest BCUT2D eigenvalue weighted by molar-refractivity contribution is 0.408. The summed E-state index contributed by atoms with van der Waals surface area (Å²) < 4.78 is 21.4. The SMILES string of the molecule is CC/C(=N\[S@+]([O-])C(C)(C)C)c1cc(Br)no1. The Bertz CT molecular complexity index is 384. The van der Waals surface area contributed by atoms with Crippen molar-refractivity contribution < 1.29 is 9.08 Å². The van der Waals surface area contributed by atoms with Gasteiger partial charge in [0.15, 0.2) is 5.76 Å². The number of rotatable bonds is 3. The van der Waals surface area contributed by atoms with Gasteiger partial charge in [-0.1, -0.05) is 16.5 Å². The molecule has 0 aliphatic rings. The summed E-state index contributed by atoms with van der Waals surface area (Å²) in [5.74, 6) is 0.562. The number of hydrogen-bond donors (Lipinski definition) is 0. The van der Waals surface area contributed by atoms with Crippen molar-refractivity contribution in [2.24, 2.45) is 4.40 Å². The van der Waals surface area contributed by atoms with Crippen molar-refractivity contribution in [2.75, 3.05) is 0 Å². The Morgan fingerprint density at radius 3 is 2.62 bits per heavy atom. The molecule has 0 aliphatic carbocycles. The molecule has 4 nitrogen and oxygen atoms in total. The quantitative estimate of drug-likeness (QED) is 0.637. The van der Waals surface area contributed by atoms with Crippen molar-refractivity contribution in [3.05, 3.63) is 16.4 Å². The van der Waals surface area contributed by atoms with Gasteiger partial charge in [0.1, 0.15) is 26.4 Å². The first-order valence-electron chi connectivity index (χ1n) is 4.96. The fraction of sp³-hybridized carbons (Fsp3) is 0.600. The molecule has 0 fully saturated rings. The summed E-state index contributed by atoms with van der Waals surface area (Å²) in [5.41, 5.74) is 0.673. The van der Waals surface area contributed by atoms with Gasteiger partial charge < -0.3 is 9.08 Å². The molecule has 1 heterocycles. The molecule has 0 radical (unpaired) electrons. The Morgan fingerprint density at radius 2 is 2.25 bits per heavy atom. The Labute approximate surface area is 107 Å². The predicted octanol–water partition coefficient (Wildman–Crippen LogP) is 3.10. The second kappa shape index (κ2) is 5.33. The second-order valence-corrected chi connectivity index (χ2v) is 6.99. The van der Waals surface area contributed by atoms with Crippen molar-refractivity contribution in [1.82, 2.24) is 5.16 Å². The largest absolute Gasteiger partial charge is 0.591 e. The average molecular weight is 307 g/mol. The molecule has 1 rings (SSSR count). The molecule has 1 aromatic heterocycles. The zero-order valence-electron chi connectivity index (χ0n) is 9.78. The van der Waals surface area contributed by atoms with Crippen molar-refractivity contribution in [3.63, 3.8) is 0 Å². The van der Waals surface area contributed by atoms with Gasteiger partial charge in [0.25, 0.3) is 0 Å². The molecule has 1 atom stereocenters. The van der Waals surface area contributed by atoms with Gasteiger partial charge in [0, 0.05) is 6.07 Å². The molecule has 90 valence electrons. The van der Waals surface area contributed by atoms with E-state index in [1.807, 2.05) is 27.7 Å². The van der Waals surface area contributed by atoms with Crippen LogP contribution in [-0.2, 0) is 11.4 Å². The van der Waals surface area contributed by atoms with Gasteiger partial charge in [0.2, 0.25) is 0 Å². The first-order valence-corrected chi connectivity index (χ1v) is 6.86. The minimum Gasteiger partial charge on any atom is -0.591 e. The van der Waals surface area contributed by atoms with Gasteiger partial charge in [-0.25, -0.2) is 0 Å². The maximum absolute atomic E-state index is 11.9. The number of hydrogen-bond acceptors (Lipinski definition) is 4. The van der Waals surface area contributed by atoms with Crippen LogP contribution in [0.4, 0.5) is 0 Å². The van der Waals surface area contributed by atoms with Crippen LogP contribution in [0.1, 0.15) is 39.9 Å². The van der Waals surface area contributed by atoms with E-state index in [1.54, 1.807) is 6.07 Å². The van der Waals surface area contributed by atoms with Crippen molar-refractivity contribution in [2.45, 2.75) is 38.9 Å². The van der Waals surface area contributed by atoms with Gasteiger partial charge in [-0.15, -0.1) is 0 Å². The van der Waals surface area contributed by atoms with Gasteiger partial charge in [-0.05, 0) is 43.1 Å². The maximum Gasteiger partial charge on any atom is 0.186 e. The number of aromatic nitrogens is 1. The fourth-order valence-electron chi connectivity index (χ4n) is 0.910. The lowest BCUT2D eigenvalue weighted by Crippen LogP contribution is -2.27. The summed E-state index contributed by atoms with van der Waals surface area (Å²) in [5, 5.41) is 3.72. The molecule has 0 aromatic carbocycles. The molecule has 0 amide bonds. The topological polar surface area (TPSA) is 61.5 Å². The Kier molecular flexibility index (Phi) is 4.58. The standard InChI is InChI=1S/C10H15BrN2O2S/c1-5-7(8-6-9(11)12-15-8)13-16(14)10(2,3)4/h6H,5H2,1-4H3/b13-7+/t16-/m1/s1. The smallest absolute Gasteiger partial charge is 0.186 e. The van der Waals surface area contributed by atoms with E-state index in [4.69, 9.17) is 4.52 Å². The van der Waals surface area contributed by atoms with Crippen LogP contribution in [0.2, 0.25) is 0 Å². The Balaban J connectivity index is 2.94. The van der Waals surface area contributed by atoms with E-state index >= 15 is 0 Å². The van der Waals surface area contributed by atoms with E-state index < -0.39 is 11.4 Å². The molecule has 6 heteroatoms. The highest BCUT2D eigenvalue weighted by molar-refractivity contribution is 9.10. The molecule has 0 saturated carbocycles. The van der Waals surface area contributed by atoms with Crippen LogP contribution >= 0.6 is 15.9 Å². The first-order chi connectivity index (χ1) is 7.34. The molecule has 16 heavy (non-hydrogen) atoms. The van der Waals surface area contributed by atoms with E-state index in [0.717, 1.165) is 0 Å². The monoisotopic (exact) mass is 306 g/mol. The summed E-state index contributed by atoms with van der Waals surface area (Å²) in [6.07, 6.45) is 0.656. The van der Waals surface area contributed by atoms with Crippen molar-refractivity contribution in [1.29, 1.82) is 0 Å². The zero-order valence-corrected chi connectivity index (χ0v) is 12.2. The predicted molar refractivity (Wildman–Crippen MR) is 68.9 cm³/mol. The van der Waals surface area contributed by atoms with Gasteiger partial charge in [-0.3, -0.25) is 0 Å². The second-order valence-electron chi connectivity index (χ2n) is 4.27.